The average molecular weight is 195 g/mol. The molecule has 54 valence electrons. The van der Waals surface area contributed by atoms with Gasteiger partial charge < -0.3 is 0 Å². The molecule has 10 heavy (non-hydrogen) atoms. The van der Waals surface area contributed by atoms with Crippen LogP contribution in [-0.2, 0) is 0 Å². The standard InChI is InChI=1S/C5H4Cl2N2S/c1-10-4-3(6)2-8-5(7)9-4/h2H,1H3. The Bertz CT molecular complexity index is 241. The molecule has 0 radical (unpaired) electrons. The molecule has 0 unspecified atom stereocenters. The minimum absolute atomic E-state index is 0.230. The molecule has 5 heteroatoms. The second-order valence-electron chi connectivity index (χ2n) is 1.50. The summed E-state index contributed by atoms with van der Waals surface area (Å²) in [5, 5.41) is 1.48. The molecular formula is C5H4Cl2N2S. The Kier molecular flexibility index (Phi) is 2.77. The Hall–Kier alpha value is 0.01000. The lowest BCUT2D eigenvalue weighted by Gasteiger charge is -1.96. The largest absolute Gasteiger partial charge is 0.225 e. The molecule has 0 N–H and O–H groups in total. The zero-order chi connectivity index (χ0) is 7.56. The van der Waals surface area contributed by atoms with E-state index in [0.29, 0.717) is 10.0 Å². The molecule has 0 bridgehead atoms. The molecule has 0 aromatic carbocycles. The number of nitrogens with zero attached hydrogens (tertiary/aromatic N) is 2. The van der Waals surface area contributed by atoms with Crippen molar-refractivity contribution in [2.75, 3.05) is 6.26 Å². The Balaban J connectivity index is 3.09. The first-order valence-electron chi connectivity index (χ1n) is 2.46. The minimum atomic E-state index is 0.230. The molecule has 0 spiro atoms. The van der Waals surface area contributed by atoms with E-state index >= 15 is 0 Å². The van der Waals surface area contributed by atoms with Gasteiger partial charge in [0.15, 0.2) is 0 Å². The van der Waals surface area contributed by atoms with Crippen LogP contribution < -0.4 is 0 Å². The maximum absolute atomic E-state index is 5.69. The third-order valence-corrected chi connectivity index (χ3v) is 2.14. The molecule has 0 saturated carbocycles. The summed E-state index contributed by atoms with van der Waals surface area (Å²) >= 11 is 12.6. The van der Waals surface area contributed by atoms with Crippen molar-refractivity contribution in [1.82, 2.24) is 9.97 Å². The lowest BCUT2D eigenvalue weighted by molar-refractivity contribution is 1.05. The SMILES string of the molecule is CSc1nc(Cl)ncc1Cl. The van der Waals surface area contributed by atoms with E-state index in [2.05, 4.69) is 9.97 Å². The molecule has 1 aromatic rings. The van der Waals surface area contributed by atoms with Gasteiger partial charge in [0.25, 0.3) is 0 Å². The van der Waals surface area contributed by atoms with Crippen LogP contribution in [0.5, 0.6) is 0 Å². The first-order valence-corrected chi connectivity index (χ1v) is 4.44. The van der Waals surface area contributed by atoms with Crippen LogP contribution in [0.2, 0.25) is 10.3 Å². The van der Waals surface area contributed by atoms with Crippen LogP contribution in [0.15, 0.2) is 11.2 Å². The maximum Gasteiger partial charge on any atom is 0.223 e. The smallest absolute Gasteiger partial charge is 0.223 e. The summed E-state index contributed by atoms with van der Waals surface area (Å²) in [6, 6.07) is 0. The van der Waals surface area contributed by atoms with Crippen molar-refractivity contribution in [3.05, 3.63) is 16.5 Å². The van der Waals surface area contributed by atoms with E-state index in [-0.39, 0.29) is 5.28 Å². The molecule has 1 aromatic heterocycles. The Labute approximate surface area is 73.0 Å². The van der Waals surface area contributed by atoms with Gasteiger partial charge in [-0.2, -0.15) is 0 Å². The second kappa shape index (κ2) is 3.42. The number of halogens is 2. The quantitative estimate of drug-likeness (QED) is 0.391. The van der Waals surface area contributed by atoms with Crippen LogP contribution in [0.25, 0.3) is 0 Å². The molecule has 1 heterocycles. The predicted molar refractivity (Wildman–Crippen MR) is 43.8 cm³/mol. The van der Waals surface area contributed by atoms with Gasteiger partial charge in [-0.1, -0.05) is 11.6 Å². The van der Waals surface area contributed by atoms with Gasteiger partial charge in [-0.25, -0.2) is 9.97 Å². The van der Waals surface area contributed by atoms with E-state index in [0.717, 1.165) is 0 Å². The predicted octanol–water partition coefficient (Wildman–Crippen LogP) is 2.51. The van der Waals surface area contributed by atoms with Crippen molar-refractivity contribution in [2.45, 2.75) is 5.03 Å². The minimum Gasteiger partial charge on any atom is -0.225 e. The van der Waals surface area contributed by atoms with Gasteiger partial charge in [-0.05, 0) is 17.9 Å². The molecule has 2 nitrogen and oxygen atoms in total. The number of thioether (sulfide) groups is 1. The number of aromatic nitrogens is 2. The monoisotopic (exact) mass is 194 g/mol. The van der Waals surface area contributed by atoms with Gasteiger partial charge in [0.05, 0.1) is 11.2 Å². The van der Waals surface area contributed by atoms with Crippen LogP contribution in [0, 0.1) is 0 Å². The highest BCUT2D eigenvalue weighted by atomic mass is 35.5. The van der Waals surface area contributed by atoms with Gasteiger partial charge in [0.1, 0.15) is 5.03 Å². The summed E-state index contributed by atoms with van der Waals surface area (Å²) < 4.78 is 0. The van der Waals surface area contributed by atoms with E-state index in [9.17, 15) is 0 Å². The lowest BCUT2D eigenvalue weighted by Crippen LogP contribution is -1.84. The first-order chi connectivity index (χ1) is 4.74. The van der Waals surface area contributed by atoms with Crippen molar-refractivity contribution in [1.29, 1.82) is 0 Å². The fourth-order valence-electron chi connectivity index (χ4n) is 0.474. The Morgan fingerprint density at radius 2 is 2.20 bits per heavy atom. The zero-order valence-electron chi connectivity index (χ0n) is 5.14. The maximum atomic E-state index is 5.69. The number of rotatable bonds is 1. The zero-order valence-corrected chi connectivity index (χ0v) is 7.46. The summed E-state index contributed by atoms with van der Waals surface area (Å²) in [6.45, 7) is 0. The molecule has 0 aliphatic rings. The van der Waals surface area contributed by atoms with Crippen molar-refractivity contribution < 1.29 is 0 Å². The van der Waals surface area contributed by atoms with E-state index in [1.165, 1.54) is 18.0 Å². The van der Waals surface area contributed by atoms with Crippen molar-refractivity contribution in [2.24, 2.45) is 0 Å². The van der Waals surface area contributed by atoms with Gasteiger partial charge >= 0.3 is 0 Å². The second-order valence-corrected chi connectivity index (χ2v) is 3.04. The van der Waals surface area contributed by atoms with E-state index < -0.39 is 0 Å². The fourth-order valence-corrected chi connectivity index (χ4v) is 1.41. The summed E-state index contributed by atoms with van der Waals surface area (Å²) in [4.78, 5) is 7.57. The molecule has 0 fully saturated rings. The highest BCUT2D eigenvalue weighted by Gasteiger charge is 2.00. The van der Waals surface area contributed by atoms with Crippen LogP contribution in [-0.4, -0.2) is 16.2 Å². The summed E-state index contributed by atoms with van der Waals surface area (Å²) in [5.74, 6) is 0. The topological polar surface area (TPSA) is 25.8 Å². The molecule has 0 atom stereocenters. The number of hydrogen-bond donors (Lipinski definition) is 0. The highest BCUT2D eigenvalue weighted by molar-refractivity contribution is 7.98. The summed E-state index contributed by atoms with van der Waals surface area (Å²) in [7, 11) is 0. The molecular weight excluding hydrogens is 191 g/mol. The van der Waals surface area contributed by atoms with E-state index in [1.54, 1.807) is 0 Å². The van der Waals surface area contributed by atoms with Gasteiger partial charge in [0, 0.05) is 0 Å². The molecule has 1 rings (SSSR count). The van der Waals surface area contributed by atoms with Crippen LogP contribution in [0.4, 0.5) is 0 Å². The summed E-state index contributed by atoms with van der Waals surface area (Å²) in [6.07, 6.45) is 3.37. The number of hydrogen-bond acceptors (Lipinski definition) is 3. The van der Waals surface area contributed by atoms with Crippen LogP contribution in [0.1, 0.15) is 0 Å². The fraction of sp³-hybridized carbons (Fsp3) is 0.200. The highest BCUT2D eigenvalue weighted by Crippen LogP contribution is 2.22. The Morgan fingerprint density at radius 3 is 2.70 bits per heavy atom. The van der Waals surface area contributed by atoms with Crippen molar-refractivity contribution in [3.63, 3.8) is 0 Å². The van der Waals surface area contributed by atoms with Gasteiger partial charge in [-0.15, -0.1) is 11.8 Å². The molecule has 0 aliphatic heterocycles. The van der Waals surface area contributed by atoms with Crippen LogP contribution >= 0.6 is 35.0 Å². The molecule has 0 aliphatic carbocycles. The third kappa shape index (κ3) is 1.75. The third-order valence-electron chi connectivity index (χ3n) is 0.876. The first kappa shape index (κ1) is 8.11. The molecule has 0 saturated heterocycles. The van der Waals surface area contributed by atoms with Crippen LogP contribution in [0.3, 0.4) is 0 Å². The van der Waals surface area contributed by atoms with Gasteiger partial charge in [0.2, 0.25) is 5.28 Å². The Morgan fingerprint density at radius 1 is 1.50 bits per heavy atom. The lowest BCUT2D eigenvalue weighted by atomic mass is 10.7. The van der Waals surface area contributed by atoms with E-state index in [4.69, 9.17) is 23.2 Å². The normalized spacial score (nSPS) is 9.90. The average Bonchev–Trinajstić information content (AvgIpc) is 1.94. The van der Waals surface area contributed by atoms with Crippen molar-refractivity contribution >= 4 is 35.0 Å². The van der Waals surface area contributed by atoms with Gasteiger partial charge in [-0.3, -0.25) is 0 Å². The summed E-state index contributed by atoms with van der Waals surface area (Å²) in [5.41, 5.74) is 0. The van der Waals surface area contributed by atoms with E-state index in [1.807, 2.05) is 6.26 Å². The van der Waals surface area contributed by atoms with Crippen molar-refractivity contribution in [3.8, 4) is 0 Å². The molecule has 0 amide bonds.